The highest BCUT2D eigenvalue weighted by atomic mass is 16.7. The minimum atomic E-state index is -1.61. The second kappa shape index (κ2) is 8.68. The Labute approximate surface area is 163 Å². The van der Waals surface area contributed by atoms with E-state index < -0.39 is 54.4 Å². The molecule has 0 aromatic rings. The van der Waals surface area contributed by atoms with Crippen molar-refractivity contribution in [3.63, 3.8) is 0 Å². The lowest BCUT2D eigenvalue weighted by Gasteiger charge is -2.45. The Bertz CT molecular complexity index is 625. The van der Waals surface area contributed by atoms with E-state index in [1.165, 1.54) is 25.2 Å². The van der Waals surface area contributed by atoms with Crippen LogP contribution < -0.4 is 0 Å². The van der Waals surface area contributed by atoms with Crippen LogP contribution in [0, 0.1) is 5.41 Å². The maximum atomic E-state index is 12.1. The number of carbonyl (C=O) groups excluding carboxylic acids is 1. The molecule has 1 heterocycles. The molecule has 2 aliphatic rings. The van der Waals surface area contributed by atoms with E-state index in [0.717, 1.165) is 0 Å². The van der Waals surface area contributed by atoms with Crippen molar-refractivity contribution in [1.82, 2.24) is 0 Å². The number of allylic oxidation sites excluding steroid dienone is 1. The minimum absolute atomic E-state index is 0.0806. The van der Waals surface area contributed by atoms with Gasteiger partial charge in [-0.2, -0.15) is 0 Å². The van der Waals surface area contributed by atoms with Gasteiger partial charge in [0, 0.05) is 11.8 Å². The van der Waals surface area contributed by atoms with Crippen LogP contribution in [0.4, 0.5) is 0 Å². The number of rotatable bonds is 6. The van der Waals surface area contributed by atoms with Crippen LogP contribution in [0.1, 0.15) is 27.2 Å². The fraction of sp³-hybridized carbons (Fsp3) is 0.737. The first kappa shape index (κ1) is 23.1. The number of hydrogen-bond donors (Lipinski definition) is 6. The van der Waals surface area contributed by atoms with Gasteiger partial charge in [0.05, 0.1) is 19.3 Å². The SMILES string of the molecule is C[C@@H](O)/C=C/C1(O)C(CO[C@@H]2O[C@H](CO)[C@@H](O)[C@H](O)[C@H]2O)=CC(=O)CC1(C)C. The number of ether oxygens (including phenoxy) is 2. The standard InChI is InChI=1S/C19H30O9/c1-10(21)4-5-19(26)11(6-12(22)7-18(19,2)3)9-27-17-16(25)15(24)14(23)13(8-20)28-17/h4-6,10,13-17,20-21,23-26H,7-9H2,1-3H3/b5-4+/t10-,13-,14-,15+,16-,17-,19?/m1/s1. The summed E-state index contributed by atoms with van der Waals surface area (Å²) in [5.74, 6) is -0.215. The molecule has 7 atom stereocenters. The Kier molecular flexibility index (Phi) is 7.17. The molecule has 160 valence electrons. The predicted molar refractivity (Wildman–Crippen MR) is 97.0 cm³/mol. The molecule has 0 saturated carbocycles. The molecular weight excluding hydrogens is 372 g/mol. The zero-order valence-corrected chi connectivity index (χ0v) is 16.2. The Morgan fingerprint density at radius 1 is 1.29 bits per heavy atom. The van der Waals surface area contributed by atoms with E-state index in [1.807, 2.05) is 0 Å². The number of aliphatic hydroxyl groups is 6. The topological polar surface area (TPSA) is 157 Å². The molecule has 0 spiro atoms. The summed E-state index contributed by atoms with van der Waals surface area (Å²) in [5, 5.41) is 59.8. The van der Waals surface area contributed by atoms with Crippen LogP contribution in [-0.4, -0.2) is 92.0 Å². The van der Waals surface area contributed by atoms with Gasteiger partial charge in [0.15, 0.2) is 12.1 Å². The van der Waals surface area contributed by atoms with Crippen LogP contribution in [0.25, 0.3) is 0 Å². The molecule has 1 unspecified atom stereocenters. The number of aliphatic hydroxyl groups excluding tert-OH is 5. The van der Waals surface area contributed by atoms with Crippen LogP contribution in [0.5, 0.6) is 0 Å². The molecule has 1 fully saturated rings. The van der Waals surface area contributed by atoms with Crippen molar-refractivity contribution in [2.24, 2.45) is 5.41 Å². The fourth-order valence-electron chi connectivity index (χ4n) is 3.50. The van der Waals surface area contributed by atoms with Gasteiger partial charge in [0.1, 0.15) is 30.0 Å². The molecule has 0 aromatic heterocycles. The van der Waals surface area contributed by atoms with E-state index in [0.29, 0.717) is 0 Å². The van der Waals surface area contributed by atoms with Gasteiger partial charge in [-0.25, -0.2) is 0 Å². The molecular formula is C19H30O9. The molecule has 1 aliphatic heterocycles. The summed E-state index contributed by atoms with van der Waals surface area (Å²) >= 11 is 0. The highest BCUT2D eigenvalue weighted by Crippen LogP contribution is 2.44. The van der Waals surface area contributed by atoms with Gasteiger partial charge in [0.2, 0.25) is 0 Å². The van der Waals surface area contributed by atoms with Crippen molar-refractivity contribution < 1.29 is 44.9 Å². The third-order valence-corrected chi connectivity index (χ3v) is 5.34. The normalized spacial score (nSPS) is 39.8. The molecule has 0 amide bonds. The van der Waals surface area contributed by atoms with Crippen LogP contribution in [0.2, 0.25) is 0 Å². The number of carbonyl (C=O) groups is 1. The summed E-state index contributed by atoms with van der Waals surface area (Å²) in [6.45, 7) is 4.02. The molecule has 9 nitrogen and oxygen atoms in total. The maximum Gasteiger partial charge on any atom is 0.187 e. The van der Waals surface area contributed by atoms with Gasteiger partial charge in [-0.15, -0.1) is 0 Å². The van der Waals surface area contributed by atoms with E-state index in [1.54, 1.807) is 13.8 Å². The Morgan fingerprint density at radius 2 is 1.93 bits per heavy atom. The second-order valence-electron chi connectivity index (χ2n) is 8.07. The van der Waals surface area contributed by atoms with E-state index >= 15 is 0 Å². The van der Waals surface area contributed by atoms with Gasteiger partial charge >= 0.3 is 0 Å². The summed E-state index contributed by atoms with van der Waals surface area (Å²) in [6.07, 6.45) is -3.89. The van der Waals surface area contributed by atoms with Gasteiger partial charge in [-0.05, 0) is 24.6 Å². The smallest absolute Gasteiger partial charge is 0.187 e. The van der Waals surface area contributed by atoms with Crippen molar-refractivity contribution in [1.29, 1.82) is 0 Å². The minimum Gasteiger partial charge on any atom is -0.394 e. The molecule has 0 radical (unpaired) electrons. The molecule has 9 heteroatoms. The van der Waals surface area contributed by atoms with Crippen molar-refractivity contribution in [3.8, 4) is 0 Å². The van der Waals surface area contributed by atoms with Crippen molar-refractivity contribution in [3.05, 3.63) is 23.8 Å². The van der Waals surface area contributed by atoms with E-state index in [2.05, 4.69) is 0 Å². The third kappa shape index (κ3) is 4.52. The Morgan fingerprint density at radius 3 is 2.50 bits per heavy atom. The predicted octanol–water partition coefficient (Wildman–Crippen LogP) is -1.60. The van der Waals surface area contributed by atoms with Crippen molar-refractivity contribution in [2.45, 2.75) is 69.6 Å². The monoisotopic (exact) mass is 402 g/mol. The molecule has 28 heavy (non-hydrogen) atoms. The zero-order valence-electron chi connectivity index (χ0n) is 16.2. The average molecular weight is 402 g/mol. The molecule has 6 N–H and O–H groups in total. The highest BCUT2D eigenvalue weighted by molar-refractivity contribution is 5.93. The van der Waals surface area contributed by atoms with Crippen molar-refractivity contribution in [2.75, 3.05) is 13.2 Å². The first-order valence-corrected chi connectivity index (χ1v) is 9.18. The highest BCUT2D eigenvalue weighted by Gasteiger charge is 2.49. The van der Waals surface area contributed by atoms with Gasteiger partial charge in [0.25, 0.3) is 0 Å². The Hall–Kier alpha value is -1.17. The lowest BCUT2D eigenvalue weighted by molar-refractivity contribution is -0.299. The summed E-state index contributed by atoms with van der Waals surface area (Å²) in [6, 6.07) is 0. The van der Waals surface area contributed by atoms with E-state index in [4.69, 9.17) is 9.47 Å². The maximum absolute atomic E-state index is 12.1. The lowest BCUT2D eigenvalue weighted by Crippen LogP contribution is -2.59. The molecule has 2 rings (SSSR count). The molecule has 1 saturated heterocycles. The summed E-state index contributed by atoms with van der Waals surface area (Å²) < 4.78 is 10.8. The largest absolute Gasteiger partial charge is 0.394 e. The van der Waals surface area contributed by atoms with Crippen molar-refractivity contribution >= 4 is 5.78 Å². The van der Waals surface area contributed by atoms with E-state index in [9.17, 15) is 35.4 Å². The Balaban J connectivity index is 2.23. The van der Waals surface area contributed by atoms with Crippen LogP contribution >= 0.6 is 0 Å². The first-order chi connectivity index (χ1) is 12.9. The summed E-state index contributed by atoms with van der Waals surface area (Å²) in [7, 11) is 0. The molecule has 0 bridgehead atoms. The van der Waals surface area contributed by atoms with Crippen LogP contribution in [-0.2, 0) is 14.3 Å². The van der Waals surface area contributed by atoms with Gasteiger partial charge in [-0.1, -0.05) is 19.9 Å². The number of ketones is 1. The van der Waals surface area contributed by atoms with Gasteiger partial charge < -0.3 is 40.1 Å². The fourth-order valence-corrected chi connectivity index (χ4v) is 3.50. The van der Waals surface area contributed by atoms with Crippen LogP contribution in [0.3, 0.4) is 0 Å². The lowest BCUT2D eigenvalue weighted by atomic mass is 9.64. The van der Waals surface area contributed by atoms with Crippen LogP contribution in [0.15, 0.2) is 23.8 Å². The quantitative estimate of drug-likeness (QED) is 0.288. The summed E-state index contributed by atoms with van der Waals surface area (Å²) in [4.78, 5) is 12.1. The third-order valence-electron chi connectivity index (χ3n) is 5.34. The van der Waals surface area contributed by atoms with Gasteiger partial charge in [-0.3, -0.25) is 4.79 Å². The number of hydrogen-bond acceptors (Lipinski definition) is 9. The second-order valence-corrected chi connectivity index (χ2v) is 8.07. The summed E-state index contributed by atoms with van der Waals surface area (Å²) in [5.41, 5.74) is -2.30. The molecule has 0 aromatic carbocycles. The van der Waals surface area contributed by atoms with E-state index in [-0.39, 0.29) is 24.4 Å². The zero-order chi connectivity index (χ0) is 21.3. The first-order valence-electron chi connectivity index (χ1n) is 9.18. The average Bonchev–Trinajstić information content (AvgIpc) is 2.61. The molecule has 1 aliphatic carbocycles.